The lowest BCUT2D eigenvalue weighted by Gasteiger charge is -2.22. The van der Waals surface area contributed by atoms with Crippen molar-refractivity contribution >= 4 is 28.9 Å². The molecule has 2 N–H and O–H groups in total. The van der Waals surface area contributed by atoms with Crippen molar-refractivity contribution in [1.29, 1.82) is 0 Å². The number of rotatable bonds is 5. The zero-order chi connectivity index (χ0) is 19.4. The molecule has 0 bridgehead atoms. The van der Waals surface area contributed by atoms with E-state index in [-0.39, 0.29) is 6.79 Å². The molecule has 7 nitrogen and oxygen atoms in total. The molecule has 7 heteroatoms. The van der Waals surface area contributed by atoms with Gasteiger partial charge in [0, 0.05) is 36.2 Å². The smallest absolute Gasteiger partial charge is 0.314 e. The number of nitrogens with zero attached hydrogens (tertiary/aromatic N) is 1. The first-order valence-corrected chi connectivity index (χ1v) is 8.89. The van der Waals surface area contributed by atoms with E-state index in [1.165, 1.54) is 0 Å². The van der Waals surface area contributed by atoms with Crippen molar-refractivity contribution in [3.8, 4) is 11.5 Å². The zero-order valence-corrected chi connectivity index (χ0v) is 15.7. The number of carbonyl (C=O) groups excluding carboxylic acids is 2. The van der Waals surface area contributed by atoms with Crippen molar-refractivity contribution in [2.24, 2.45) is 0 Å². The minimum Gasteiger partial charge on any atom is -0.454 e. The summed E-state index contributed by atoms with van der Waals surface area (Å²) in [5, 5.41) is 5.22. The molecule has 1 aliphatic rings. The third kappa shape index (κ3) is 4.13. The lowest BCUT2D eigenvalue weighted by molar-refractivity contribution is -0.133. The molecular weight excluding hydrogens is 346 g/mol. The number of ether oxygens (including phenoxy) is 2. The topological polar surface area (TPSA) is 79.9 Å². The Morgan fingerprint density at radius 2 is 1.67 bits per heavy atom. The molecule has 2 amide bonds. The monoisotopic (exact) mass is 369 g/mol. The molecule has 0 aliphatic carbocycles. The van der Waals surface area contributed by atoms with Gasteiger partial charge in [0.25, 0.3) is 0 Å². The number of carbonyl (C=O) groups is 2. The van der Waals surface area contributed by atoms with Crippen molar-refractivity contribution in [3.63, 3.8) is 0 Å². The Morgan fingerprint density at radius 3 is 2.37 bits per heavy atom. The molecule has 27 heavy (non-hydrogen) atoms. The van der Waals surface area contributed by atoms with Gasteiger partial charge in [0.2, 0.25) is 6.79 Å². The van der Waals surface area contributed by atoms with Gasteiger partial charge in [0.05, 0.1) is 0 Å². The maximum Gasteiger partial charge on any atom is 0.314 e. The average molecular weight is 369 g/mol. The van der Waals surface area contributed by atoms with Crippen LogP contribution < -0.4 is 25.0 Å². The third-order valence-electron chi connectivity index (χ3n) is 4.42. The molecule has 0 saturated carbocycles. The number of anilines is 3. The van der Waals surface area contributed by atoms with Gasteiger partial charge in [-0.05, 0) is 56.7 Å². The maximum atomic E-state index is 12.2. The van der Waals surface area contributed by atoms with Gasteiger partial charge < -0.3 is 25.0 Å². The van der Waals surface area contributed by atoms with Crippen LogP contribution in [-0.4, -0.2) is 31.7 Å². The fraction of sp³-hybridized carbons (Fsp3) is 0.300. The second-order valence-electron chi connectivity index (χ2n) is 6.15. The summed E-state index contributed by atoms with van der Waals surface area (Å²) in [6.07, 6.45) is 0. The summed E-state index contributed by atoms with van der Waals surface area (Å²) in [6, 6.07) is 10.7. The second kappa shape index (κ2) is 7.99. The quantitative estimate of drug-likeness (QED) is 0.792. The molecule has 3 rings (SSSR count). The highest BCUT2D eigenvalue weighted by Gasteiger charge is 2.18. The van der Waals surface area contributed by atoms with E-state index < -0.39 is 11.8 Å². The van der Waals surface area contributed by atoms with Crippen LogP contribution in [0.3, 0.4) is 0 Å². The second-order valence-corrected chi connectivity index (χ2v) is 6.15. The van der Waals surface area contributed by atoms with Crippen LogP contribution in [0.2, 0.25) is 0 Å². The Hall–Kier alpha value is -3.22. The van der Waals surface area contributed by atoms with E-state index in [0.717, 1.165) is 24.3 Å². The van der Waals surface area contributed by atoms with Crippen LogP contribution in [0.5, 0.6) is 11.5 Å². The van der Waals surface area contributed by atoms with Crippen molar-refractivity contribution in [2.75, 3.05) is 35.4 Å². The Kier molecular flexibility index (Phi) is 5.49. The molecular formula is C20H23N3O4. The first-order chi connectivity index (χ1) is 13.0. The molecule has 0 unspecified atom stereocenters. The van der Waals surface area contributed by atoms with Crippen LogP contribution in [0.15, 0.2) is 36.4 Å². The summed E-state index contributed by atoms with van der Waals surface area (Å²) in [7, 11) is 0. The molecule has 142 valence electrons. The molecule has 0 fully saturated rings. The first kappa shape index (κ1) is 18.6. The Morgan fingerprint density at radius 1 is 0.963 bits per heavy atom. The number of hydrogen-bond donors (Lipinski definition) is 2. The highest BCUT2D eigenvalue weighted by atomic mass is 16.7. The number of amides is 2. The van der Waals surface area contributed by atoms with E-state index >= 15 is 0 Å². The van der Waals surface area contributed by atoms with Gasteiger partial charge in [-0.2, -0.15) is 0 Å². The molecule has 0 radical (unpaired) electrons. The zero-order valence-electron chi connectivity index (χ0n) is 15.7. The van der Waals surface area contributed by atoms with Crippen LogP contribution >= 0.6 is 0 Å². The standard InChI is InChI=1S/C20H23N3O4/c1-4-23(5-2)15-7-8-16(13(3)10-15)22-20(25)19(24)21-14-6-9-17-18(11-14)27-12-26-17/h6-11H,4-5,12H2,1-3H3,(H,21,24)(H,22,25). The van der Waals surface area contributed by atoms with E-state index in [0.29, 0.717) is 22.9 Å². The number of benzene rings is 2. The lowest BCUT2D eigenvalue weighted by Crippen LogP contribution is -2.29. The first-order valence-electron chi connectivity index (χ1n) is 8.89. The summed E-state index contributed by atoms with van der Waals surface area (Å²) in [4.78, 5) is 26.7. The summed E-state index contributed by atoms with van der Waals surface area (Å²) in [5.74, 6) is -0.329. The third-order valence-corrected chi connectivity index (χ3v) is 4.42. The van der Waals surface area contributed by atoms with Crippen molar-refractivity contribution < 1.29 is 19.1 Å². The molecule has 0 spiro atoms. The van der Waals surface area contributed by atoms with Crippen LogP contribution in [-0.2, 0) is 9.59 Å². The predicted octanol–water partition coefficient (Wildman–Crippen LogP) is 3.15. The van der Waals surface area contributed by atoms with Crippen molar-refractivity contribution in [1.82, 2.24) is 0 Å². The summed E-state index contributed by atoms with van der Waals surface area (Å²) < 4.78 is 10.5. The Labute approximate surface area is 158 Å². The number of aryl methyl sites for hydroxylation is 1. The number of hydrogen-bond acceptors (Lipinski definition) is 5. The Balaban J connectivity index is 1.65. The summed E-state index contributed by atoms with van der Waals surface area (Å²) in [6.45, 7) is 8.04. The molecule has 1 aliphatic heterocycles. The van der Waals surface area contributed by atoms with Gasteiger partial charge in [0.1, 0.15) is 0 Å². The molecule has 0 saturated heterocycles. The predicted molar refractivity (Wildman–Crippen MR) is 105 cm³/mol. The fourth-order valence-electron chi connectivity index (χ4n) is 2.91. The summed E-state index contributed by atoms with van der Waals surface area (Å²) >= 11 is 0. The molecule has 0 aromatic heterocycles. The largest absolute Gasteiger partial charge is 0.454 e. The number of fused-ring (bicyclic) bond motifs is 1. The normalized spacial score (nSPS) is 11.8. The van der Waals surface area contributed by atoms with Crippen LogP contribution in [0, 0.1) is 6.92 Å². The summed E-state index contributed by atoms with van der Waals surface area (Å²) in [5.41, 5.74) is 3.05. The van der Waals surface area contributed by atoms with Gasteiger partial charge in [-0.15, -0.1) is 0 Å². The highest BCUT2D eigenvalue weighted by Crippen LogP contribution is 2.34. The lowest BCUT2D eigenvalue weighted by atomic mass is 10.1. The van der Waals surface area contributed by atoms with Gasteiger partial charge in [-0.25, -0.2) is 0 Å². The Bertz CT molecular complexity index is 862. The maximum absolute atomic E-state index is 12.2. The molecule has 1 heterocycles. The minimum absolute atomic E-state index is 0.149. The van der Waals surface area contributed by atoms with E-state index in [4.69, 9.17) is 9.47 Å². The SMILES string of the molecule is CCN(CC)c1ccc(NC(=O)C(=O)Nc2ccc3c(c2)OCO3)c(C)c1. The van der Waals surface area contributed by atoms with Gasteiger partial charge in [-0.3, -0.25) is 9.59 Å². The van der Waals surface area contributed by atoms with E-state index in [9.17, 15) is 9.59 Å². The molecule has 2 aromatic carbocycles. The van der Waals surface area contributed by atoms with Crippen LogP contribution in [0.4, 0.5) is 17.1 Å². The van der Waals surface area contributed by atoms with Crippen LogP contribution in [0.1, 0.15) is 19.4 Å². The van der Waals surface area contributed by atoms with Gasteiger partial charge in [-0.1, -0.05) is 0 Å². The van der Waals surface area contributed by atoms with Gasteiger partial charge >= 0.3 is 11.8 Å². The van der Waals surface area contributed by atoms with E-state index in [1.54, 1.807) is 18.2 Å². The number of nitrogens with one attached hydrogen (secondary N) is 2. The minimum atomic E-state index is -0.749. The van der Waals surface area contributed by atoms with Crippen molar-refractivity contribution in [2.45, 2.75) is 20.8 Å². The molecule has 2 aromatic rings. The van der Waals surface area contributed by atoms with E-state index in [2.05, 4.69) is 29.4 Å². The van der Waals surface area contributed by atoms with Crippen LogP contribution in [0.25, 0.3) is 0 Å². The van der Waals surface area contributed by atoms with Crippen molar-refractivity contribution in [3.05, 3.63) is 42.0 Å². The fourth-order valence-corrected chi connectivity index (χ4v) is 2.91. The highest BCUT2D eigenvalue weighted by molar-refractivity contribution is 6.43. The van der Waals surface area contributed by atoms with E-state index in [1.807, 2.05) is 25.1 Å². The molecule has 0 atom stereocenters. The van der Waals surface area contributed by atoms with Gasteiger partial charge in [0.15, 0.2) is 11.5 Å². The average Bonchev–Trinajstić information content (AvgIpc) is 3.12.